The summed E-state index contributed by atoms with van der Waals surface area (Å²) in [6.45, 7) is 3.40. The van der Waals surface area contributed by atoms with E-state index < -0.39 is 0 Å². The van der Waals surface area contributed by atoms with E-state index in [1.807, 2.05) is 35.2 Å². The van der Waals surface area contributed by atoms with Crippen LogP contribution in [-0.4, -0.2) is 29.9 Å². The van der Waals surface area contributed by atoms with E-state index >= 15 is 0 Å². The molecule has 1 aliphatic heterocycles. The van der Waals surface area contributed by atoms with Gasteiger partial charge in [0.2, 0.25) is 0 Å². The third-order valence-electron chi connectivity index (χ3n) is 3.63. The van der Waals surface area contributed by atoms with Gasteiger partial charge >= 0.3 is 5.97 Å². The van der Waals surface area contributed by atoms with Crippen LogP contribution in [0.3, 0.4) is 0 Å². The van der Waals surface area contributed by atoms with Gasteiger partial charge in [-0.2, -0.15) is 0 Å². The number of carbonyl (C=O) groups excluding carboxylic acids is 2. The highest BCUT2D eigenvalue weighted by atomic mass is 32.1. The van der Waals surface area contributed by atoms with Gasteiger partial charge in [0.05, 0.1) is 12.2 Å². The molecule has 1 aromatic heterocycles. The van der Waals surface area contributed by atoms with Crippen molar-refractivity contribution < 1.29 is 14.3 Å². The van der Waals surface area contributed by atoms with Crippen molar-refractivity contribution in [3.05, 3.63) is 57.3 Å². The molecule has 0 aliphatic carbocycles. The van der Waals surface area contributed by atoms with Crippen LogP contribution in [0.5, 0.6) is 0 Å². The van der Waals surface area contributed by atoms with Gasteiger partial charge in [-0.05, 0) is 18.6 Å². The van der Waals surface area contributed by atoms with Crippen molar-refractivity contribution >= 4 is 23.2 Å². The Bertz CT molecular complexity index is 693. The molecule has 2 heterocycles. The monoisotopic (exact) mass is 315 g/mol. The second-order valence-corrected chi connectivity index (χ2v) is 6.27. The van der Waals surface area contributed by atoms with Gasteiger partial charge in [-0.3, -0.25) is 4.79 Å². The molecule has 0 saturated carbocycles. The first-order chi connectivity index (χ1) is 10.7. The Morgan fingerprint density at radius 2 is 2.09 bits per heavy atom. The number of nitrogens with zero attached hydrogens (tertiary/aromatic N) is 1. The summed E-state index contributed by atoms with van der Waals surface area (Å²) in [5.74, 6) is -0.346. The van der Waals surface area contributed by atoms with Crippen LogP contribution >= 0.6 is 11.3 Å². The Balaban J connectivity index is 1.79. The lowest BCUT2D eigenvalue weighted by Crippen LogP contribution is -2.36. The summed E-state index contributed by atoms with van der Waals surface area (Å²) in [7, 11) is 0. The highest BCUT2D eigenvalue weighted by Crippen LogP contribution is 2.29. The molecule has 3 rings (SSSR count). The molecule has 1 amide bonds. The van der Waals surface area contributed by atoms with E-state index in [0.29, 0.717) is 30.1 Å². The fourth-order valence-corrected chi connectivity index (χ4v) is 3.60. The van der Waals surface area contributed by atoms with Crippen LogP contribution < -0.4 is 0 Å². The lowest BCUT2D eigenvalue weighted by molar-refractivity contribution is 0.0532. The Labute approximate surface area is 133 Å². The molecule has 22 heavy (non-hydrogen) atoms. The largest absolute Gasteiger partial charge is 0.462 e. The van der Waals surface area contributed by atoms with E-state index in [1.54, 1.807) is 13.0 Å². The first-order valence-electron chi connectivity index (χ1n) is 7.32. The molecule has 114 valence electrons. The highest BCUT2D eigenvalue weighted by molar-refractivity contribution is 7.14. The van der Waals surface area contributed by atoms with E-state index in [1.165, 1.54) is 11.3 Å². The quantitative estimate of drug-likeness (QED) is 0.814. The number of fused-ring (bicyclic) bond motifs is 1. The van der Waals surface area contributed by atoms with Crippen molar-refractivity contribution in [2.45, 2.75) is 19.9 Å². The van der Waals surface area contributed by atoms with Crippen molar-refractivity contribution in [1.29, 1.82) is 0 Å². The smallest absolute Gasteiger partial charge is 0.348 e. The lowest BCUT2D eigenvalue weighted by atomic mass is 10.1. The van der Waals surface area contributed by atoms with Gasteiger partial charge in [0.15, 0.2) is 0 Å². The van der Waals surface area contributed by atoms with Gasteiger partial charge in [0.1, 0.15) is 4.88 Å². The number of benzene rings is 1. The Kier molecular flexibility index (Phi) is 4.24. The van der Waals surface area contributed by atoms with Gasteiger partial charge in [0.25, 0.3) is 5.91 Å². The van der Waals surface area contributed by atoms with Crippen LogP contribution in [0.2, 0.25) is 0 Å². The minimum Gasteiger partial charge on any atom is -0.462 e. The zero-order valence-electron chi connectivity index (χ0n) is 12.4. The minimum atomic E-state index is -0.343. The number of amides is 1. The van der Waals surface area contributed by atoms with Crippen LogP contribution in [0.25, 0.3) is 0 Å². The van der Waals surface area contributed by atoms with E-state index in [0.717, 1.165) is 16.9 Å². The van der Waals surface area contributed by atoms with Gasteiger partial charge < -0.3 is 9.64 Å². The van der Waals surface area contributed by atoms with Gasteiger partial charge in [-0.1, -0.05) is 30.3 Å². The number of thiophene rings is 1. The van der Waals surface area contributed by atoms with Crippen LogP contribution in [0.4, 0.5) is 0 Å². The SMILES string of the molecule is CCOC(=O)c1cc2c(s1)CCN(Cc1ccccc1)C2=O. The number of ether oxygens (including phenoxy) is 1. The Morgan fingerprint density at radius 1 is 1.32 bits per heavy atom. The van der Waals surface area contributed by atoms with Crippen LogP contribution in [0.15, 0.2) is 36.4 Å². The summed E-state index contributed by atoms with van der Waals surface area (Å²) in [5.41, 5.74) is 1.76. The first kappa shape index (κ1) is 14.8. The molecule has 1 aliphatic rings. The van der Waals surface area contributed by atoms with Crippen LogP contribution in [-0.2, 0) is 17.7 Å². The molecule has 0 unspecified atom stereocenters. The number of hydrogen-bond acceptors (Lipinski definition) is 4. The summed E-state index contributed by atoms with van der Waals surface area (Å²) in [5, 5.41) is 0. The predicted octanol–water partition coefficient (Wildman–Crippen LogP) is 3.12. The maximum atomic E-state index is 12.6. The van der Waals surface area contributed by atoms with E-state index in [2.05, 4.69) is 0 Å². The molecular weight excluding hydrogens is 298 g/mol. The molecule has 0 saturated heterocycles. The molecule has 0 fully saturated rings. The van der Waals surface area contributed by atoms with Gasteiger partial charge in [-0.25, -0.2) is 4.79 Å². The molecule has 4 nitrogen and oxygen atoms in total. The second-order valence-electron chi connectivity index (χ2n) is 5.13. The normalized spacial score (nSPS) is 13.9. The van der Waals surface area contributed by atoms with Gasteiger partial charge in [0, 0.05) is 24.4 Å². The van der Waals surface area contributed by atoms with Crippen LogP contribution in [0.1, 0.15) is 37.4 Å². The van der Waals surface area contributed by atoms with Crippen molar-refractivity contribution in [2.75, 3.05) is 13.2 Å². The Hall–Kier alpha value is -2.14. The average Bonchev–Trinajstić information content (AvgIpc) is 2.97. The van der Waals surface area contributed by atoms with Crippen molar-refractivity contribution in [3.63, 3.8) is 0 Å². The third-order valence-corrected chi connectivity index (χ3v) is 4.80. The van der Waals surface area contributed by atoms with E-state index in [9.17, 15) is 9.59 Å². The Morgan fingerprint density at radius 3 is 2.82 bits per heavy atom. The van der Waals surface area contributed by atoms with Crippen molar-refractivity contribution in [3.8, 4) is 0 Å². The topological polar surface area (TPSA) is 46.6 Å². The fourth-order valence-electron chi connectivity index (χ4n) is 2.56. The molecule has 0 radical (unpaired) electrons. The molecule has 1 aromatic carbocycles. The van der Waals surface area contributed by atoms with Crippen molar-refractivity contribution in [2.24, 2.45) is 0 Å². The van der Waals surface area contributed by atoms with Gasteiger partial charge in [-0.15, -0.1) is 11.3 Å². The number of rotatable bonds is 4. The number of hydrogen-bond donors (Lipinski definition) is 0. The van der Waals surface area contributed by atoms with Crippen LogP contribution in [0, 0.1) is 0 Å². The third kappa shape index (κ3) is 2.90. The zero-order valence-corrected chi connectivity index (χ0v) is 13.2. The van der Waals surface area contributed by atoms with E-state index in [4.69, 9.17) is 4.74 Å². The maximum absolute atomic E-state index is 12.6. The highest BCUT2D eigenvalue weighted by Gasteiger charge is 2.28. The maximum Gasteiger partial charge on any atom is 0.348 e. The zero-order chi connectivity index (χ0) is 15.5. The average molecular weight is 315 g/mol. The van der Waals surface area contributed by atoms with Crippen molar-refractivity contribution in [1.82, 2.24) is 4.90 Å². The summed E-state index contributed by atoms with van der Waals surface area (Å²) in [6, 6.07) is 11.6. The van der Waals surface area contributed by atoms with E-state index in [-0.39, 0.29) is 11.9 Å². The summed E-state index contributed by atoms with van der Waals surface area (Å²) in [4.78, 5) is 27.7. The standard InChI is InChI=1S/C17H17NO3S/c1-2-21-17(20)15-10-13-14(22-15)8-9-18(16(13)19)11-12-6-4-3-5-7-12/h3-7,10H,2,8-9,11H2,1H3. The molecule has 2 aromatic rings. The molecule has 0 atom stereocenters. The molecule has 0 N–H and O–H groups in total. The molecule has 0 spiro atoms. The minimum absolute atomic E-state index is 0.00287. The molecule has 0 bridgehead atoms. The summed E-state index contributed by atoms with van der Waals surface area (Å²) >= 11 is 1.37. The first-order valence-corrected chi connectivity index (χ1v) is 8.13. The summed E-state index contributed by atoms with van der Waals surface area (Å²) in [6.07, 6.45) is 0.790. The molecular formula is C17H17NO3S. The fraction of sp³-hybridized carbons (Fsp3) is 0.294. The lowest BCUT2D eigenvalue weighted by Gasteiger charge is -2.26. The summed E-state index contributed by atoms with van der Waals surface area (Å²) < 4.78 is 5.01. The second kappa shape index (κ2) is 6.32. The molecule has 5 heteroatoms. The number of esters is 1. The number of carbonyl (C=O) groups is 2. The predicted molar refractivity (Wildman–Crippen MR) is 85.2 cm³/mol.